The van der Waals surface area contributed by atoms with E-state index < -0.39 is 16.0 Å². The first-order valence-corrected chi connectivity index (χ1v) is 9.78. The van der Waals surface area contributed by atoms with Gasteiger partial charge in [0.1, 0.15) is 0 Å². The van der Waals surface area contributed by atoms with Crippen molar-refractivity contribution in [2.45, 2.75) is 18.7 Å². The molecule has 0 radical (unpaired) electrons. The van der Waals surface area contributed by atoms with Gasteiger partial charge in [0.15, 0.2) is 0 Å². The molecular formula is C21H19NO4S. The summed E-state index contributed by atoms with van der Waals surface area (Å²) in [4.78, 5) is 11.1. The number of benzene rings is 3. The lowest BCUT2D eigenvalue weighted by atomic mass is 10.0. The van der Waals surface area contributed by atoms with Gasteiger partial charge in [0.05, 0.1) is 10.5 Å². The number of hydrogen-bond donors (Lipinski definition) is 2. The van der Waals surface area contributed by atoms with Crippen molar-refractivity contribution >= 4 is 21.7 Å². The van der Waals surface area contributed by atoms with Crippen LogP contribution in [0, 0.1) is 13.8 Å². The Bertz CT molecular complexity index is 1090. The Morgan fingerprint density at radius 3 is 1.96 bits per heavy atom. The third-order valence-corrected chi connectivity index (χ3v) is 5.65. The van der Waals surface area contributed by atoms with Crippen molar-refractivity contribution in [2.24, 2.45) is 0 Å². The molecule has 27 heavy (non-hydrogen) atoms. The average Bonchev–Trinajstić information content (AvgIpc) is 2.63. The smallest absolute Gasteiger partial charge is 0.335 e. The summed E-state index contributed by atoms with van der Waals surface area (Å²) in [6, 6.07) is 19.1. The van der Waals surface area contributed by atoms with Crippen LogP contribution in [0.5, 0.6) is 0 Å². The molecule has 5 nitrogen and oxygen atoms in total. The van der Waals surface area contributed by atoms with Crippen molar-refractivity contribution in [3.05, 3.63) is 83.4 Å². The van der Waals surface area contributed by atoms with E-state index in [0.29, 0.717) is 11.3 Å². The van der Waals surface area contributed by atoms with E-state index in [-0.39, 0.29) is 10.5 Å². The van der Waals surface area contributed by atoms with Gasteiger partial charge in [-0.05, 0) is 54.8 Å². The first-order valence-electron chi connectivity index (χ1n) is 8.30. The summed E-state index contributed by atoms with van der Waals surface area (Å²) in [6.45, 7) is 3.64. The summed E-state index contributed by atoms with van der Waals surface area (Å²) in [6.07, 6.45) is 0. The number of carboxylic acids is 1. The van der Waals surface area contributed by atoms with Crippen molar-refractivity contribution in [1.29, 1.82) is 0 Å². The molecular weight excluding hydrogens is 362 g/mol. The second kappa shape index (κ2) is 7.25. The minimum Gasteiger partial charge on any atom is -0.478 e. The van der Waals surface area contributed by atoms with Crippen LogP contribution in [-0.4, -0.2) is 19.5 Å². The third-order valence-electron chi connectivity index (χ3n) is 4.27. The molecule has 0 aromatic heterocycles. The topological polar surface area (TPSA) is 83.5 Å². The Morgan fingerprint density at radius 1 is 0.852 bits per heavy atom. The van der Waals surface area contributed by atoms with Crippen LogP contribution in [0.1, 0.15) is 21.5 Å². The molecule has 0 saturated carbocycles. The maximum Gasteiger partial charge on any atom is 0.335 e. The van der Waals surface area contributed by atoms with Crippen LogP contribution < -0.4 is 4.72 Å². The minimum absolute atomic E-state index is 0.0346. The zero-order valence-corrected chi connectivity index (χ0v) is 15.7. The molecule has 0 spiro atoms. The van der Waals surface area contributed by atoms with Crippen molar-refractivity contribution in [1.82, 2.24) is 0 Å². The van der Waals surface area contributed by atoms with E-state index >= 15 is 0 Å². The van der Waals surface area contributed by atoms with Crippen molar-refractivity contribution in [2.75, 3.05) is 4.72 Å². The van der Waals surface area contributed by atoms with Gasteiger partial charge in [-0.1, -0.05) is 48.0 Å². The normalized spacial score (nSPS) is 11.2. The Morgan fingerprint density at radius 2 is 1.41 bits per heavy atom. The highest BCUT2D eigenvalue weighted by Crippen LogP contribution is 2.24. The third kappa shape index (κ3) is 4.17. The highest BCUT2D eigenvalue weighted by atomic mass is 32.2. The Balaban J connectivity index is 1.85. The van der Waals surface area contributed by atoms with E-state index in [1.165, 1.54) is 23.8 Å². The molecule has 138 valence electrons. The molecule has 0 unspecified atom stereocenters. The zero-order valence-electron chi connectivity index (χ0n) is 14.9. The molecule has 0 saturated heterocycles. The Kier molecular flexibility index (Phi) is 5.01. The van der Waals surface area contributed by atoms with Gasteiger partial charge in [0, 0.05) is 5.69 Å². The van der Waals surface area contributed by atoms with Gasteiger partial charge in [-0.2, -0.15) is 0 Å². The van der Waals surface area contributed by atoms with Crippen LogP contribution in [0.3, 0.4) is 0 Å². The van der Waals surface area contributed by atoms with E-state index in [0.717, 1.165) is 11.1 Å². The second-order valence-corrected chi connectivity index (χ2v) is 8.01. The molecule has 0 aliphatic rings. The van der Waals surface area contributed by atoms with E-state index in [2.05, 4.69) is 4.72 Å². The quantitative estimate of drug-likeness (QED) is 0.683. The van der Waals surface area contributed by atoms with Crippen LogP contribution in [0.4, 0.5) is 5.69 Å². The SMILES string of the molecule is Cc1ccc(-c2ccc(NS(=O)(=O)c3ccc(C)c(C(=O)O)c3)cc2)cc1. The number of nitrogens with one attached hydrogen (secondary N) is 1. The monoisotopic (exact) mass is 381 g/mol. The molecule has 0 aliphatic heterocycles. The first kappa shape index (κ1) is 18.7. The predicted octanol–water partition coefficient (Wildman–Crippen LogP) is 4.47. The van der Waals surface area contributed by atoms with E-state index in [1.807, 2.05) is 43.3 Å². The molecule has 0 atom stereocenters. The van der Waals surface area contributed by atoms with Gasteiger partial charge in [-0.3, -0.25) is 4.72 Å². The largest absolute Gasteiger partial charge is 0.478 e. The van der Waals surface area contributed by atoms with Crippen molar-refractivity contribution in [3.8, 4) is 11.1 Å². The van der Waals surface area contributed by atoms with Crippen molar-refractivity contribution in [3.63, 3.8) is 0 Å². The zero-order chi connectivity index (χ0) is 19.6. The second-order valence-electron chi connectivity index (χ2n) is 6.33. The standard InChI is InChI=1S/C21H19NO4S/c1-14-3-6-16(7-4-14)17-8-10-18(11-9-17)22-27(25,26)19-12-5-15(2)20(13-19)21(23)24/h3-13,22H,1-2H3,(H,23,24). The van der Waals surface area contributed by atoms with Crippen LogP contribution in [-0.2, 0) is 10.0 Å². The molecule has 6 heteroatoms. The van der Waals surface area contributed by atoms with Gasteiger partial charge in [0.2, 0.25) is 0 Å². The van der Waals surface area contributed by atoms with E-state index in [1.54, 1.807) is 19.1 Å². The van der Waals surface area contributed by atoms with Crippen LogP contribution in [0.25, 0.3) is 11.1 Å². The molecule has 3 rings (SSSR count). The molecule has 2 N–H and O–H groups in total. The van der Waals surface area contributed by atoms with Gasteiger partial charge in [-0.25, -0.2) is 13.2 Å². The number of carbonyl (C=O) groups is 1. The number of carboxylic acid groups (broad SMARTS) is 1. The fourth-order valence-corrected chi connectivity index (χ4v) is 3.77. The predicted molar refractivity (Wildman–Crippen MR) is 106 cm³/mol. The summed E-state index contributed by atoms with van der Waals surface area (Å²) in [5, 5.41) is 9.19. The van der Waals surface area contributed by atoms with Gasteiger partial charge >= 0.3 is 5.97 Å². The maximum atomic E-state index is 12.6. The first-order chi connectivity index (χ1) is 12.8. The van der Waals surface area contributed by atoms with E-state index in [9.17, 15) is 18.3 Å². The maximum absolute atomic E-state index is 12.6. The summed E-state index contributed by atoms with van der Waals surface area (Å²) in [5.74, 6) is -1.16. The number of sulfonamides is 1. The number of anilines is 1. The Hall–Kier alpha value is -3.12. The van der Waals surface area contributed by atoms with Gasteiger partial charge in [0.25, 0.3) is 10.0 Å². The Labute approximate surface area is 158 Å². The van der Waals surface area contributed by atoms with E-state index in [4.69, 9.17) is 0 Å². The summed E-state index contributed by atoms with van der Waals surface area (Å²) in [7, 11) is -3.88. The van der Waals surface area contributed by atoms with Crippen LogP contribution in [0.2, 0.25) is 0 Å². The van der Waals surface area contributed by atoms with Crippen LogP contribution in [0.15, 0.2) is 71.6 Å². The van der Waals surface area contributed by atoms with Crippen LogP contribution >= 0.6 is 0 Å². The molecule has 3 aromatic rings. The highest BCUT2D eigenvalue weighted by molar-refractivity contribution is 7.92. The number of hydrogen-bond acceptors (Lipinski definition) is 3. The molecule has 0 aliphatic carbocycles. The lowest BCUT2D eigenvalue weighted by Crippen LogP contribution is -2.14. The average molecular weight is 381 g/mol. The highest BCUT2D eigenvalue weighted by Gasteiger charge is 2.18. The molecule has 0 heterocycles. The lowest BCUT2D eigenvalue weighted by Gasteiger charge is -2.10. The molecule has 0 amide bonds. The molecule has 0 fully saturated rings. The number of aromatic carboxylic acids is 1. The fraction of sp³-hybridized carbons (Fsp3) is 0.0952. The summed E-state index contributed by atoms with van der Waals surface area (Å²) < 4.78 is 27.6. The summed E-state index contributed by atoms with van der Waals surface area (Å²) >= 11 is 0. The van der Waals surface area contributed by atoms with Crippen molar-refractivity contribution < 1.29 is 18.3 Å². The lowest BCUT2D eigenvalue weighted by molar-refractivity contribution is 0.0696. The molecule has 0 bridgehead atoms. The fourth-order valence-electron chi connectivity index (χ4n) is 2.69. The van der Waals surface area contributed by atoms with Gasteiger partial charge < -0.3 is 5.11 Å². The molecule has 3 aromatic carbocycles. The minimum atomic E-state index is -3.88. The number of aryl methyl sites for hydroxylation is 2. The summed E-state index contributed by atoms with van der Waals surface area (Å²) in [5.41, 5.74) is 4.06. The number of rotatable bonds is 5. The van der Waals surface area contributed by atoms with Gasteiger partial charge in [-0.15, -0.1) is 0 Å².